The zero-order valence-electron chi connectivity index (χ0n) is 19.8. The average molecular weight is 451 g/mol. The topological polar surface area (TPSA) is 57.7 Å². The first kappa shape index (κ1) is 22.8. The fraction of sp³-hybridized carbons (Fsp3) is 0.630. The first-order valence-electron chi connectivity index (χ1n) is 13.0. The summed E-state index contributed by atoms with van der Waals surface area (Å²) in [4.78, 5) is 22.4. The summed E-state index contributed by atoms with van der Waals surface area (Å²) in [6.07, 6.45) is 10.5. The number of likely N-dealkylation sites (tertiary alicyclic amines) is 2. The lowest BCUT2D eigenvalue weighted by atomic mass is 10.0. The summed E-state index contributed by atoms with van der Waals surface area (Å²) in [5, 5.41) is 5.56. The molecule has 0 unspecified atom stereocenters. The van der Waals surface area contributed by atoms with Gasteiger partial charge in [0.2, 0.25) is 0 Å². The van der Waals surface area contributed by atoms with E-state index in [-0.39, 0.29) is 11.9 Å². The Hall–Kier alpha value is -2.02. The van der Waals surface area contributed by atoms with Crippen LogP contribution < -0.4 is 10.1 Å². The molecule has 3 aliphatic rings. The molecule has 1 aromatic carbocycles. The molecule has 1 aromatic heterocycles. The number of ether oxygens (including phenoxy) is 1. The number of benzene rings is 1. The SMILES string of the molecule is O=C(CCN1CCC(N2CCCC2)CC1)Cc1cc2cc(OC3CCNCC3)ccc2cn1. The van der Waals surface area contributed by atoms with E-state index in [0.717, 1.165) is 73.8 Å². The number of ketones is 1. The summed E-state index contributed by atoms with van der Waals surface area (Å²) in [6.45, 7) is 7.75. The van der Waals surface area contributed by atoms with Crippen molar-refractivity contribution in [2.45, 2.75) is 63.5 Å². The van der Waals surface area contributed by atoms with Crippen LogP contribution in [-0.4, -0.2) is 78.5 Å². The Bertz CT molecular complexity index is 929. The smallest absolute Gasteiger partial charge is 0.140 e. The van der Waals surface area contributed by atoms with Crippen molar-refractivity contribution in [3.63, 3.8) is 0 Å². The van der Waals surface area contributed by atoms with Crippen LogP contribution in [-0.2, 0) is 11.2 Å². The van der Waals surface area contributed by atoms with Crippen molar-refractivity contribution in [3.8, 4) is 5.75 Å². The van der Waals surface area contributed by atoms with Crippen LogP contribution in [0.25, 0.3) is 10.8 Å². The predicted octanol–water partition coefficient (Wildman–Crippen LogP) is 3.43. The number of nitrogens with zero attached hydrogens (tertiary/aromatic N) is 3. The molecule has 2 aromatic rings. The number of carbonyl (C=O) groups excluding carboxylic acids is 1. The van der Waals surface area contributed by atoms with Crippen molar-refractivity contribution < 1.29 is 9.53 Å². The summed E-state index contributed by atoms with van der Waals surface area (Å²) < 4.78 is 6.19. The van der Waals surface area contributed by atoms with E-state index in [4.69, 9.17) is 4.74 Å². The predicted molar refractivity (Wildman–Crippen MR) is 132 cm³/mol. The van der Waals surface area contributed by atoms with Crippen LogP contribution in [0, 0.1) is 0 Å². The molecule has 0 spiro atoms. The second kappa shape index (κ2) is 10.9. The van der Waals surface area contributed by atoms with Gasteiger partial charge in [0.15, 0.2) is 0 Å². The minimum Gasteiger partial charge on any atom is -0.490 e. The molecule has 0 atom stereocenters. The molecule has 6 nitrogen and oxygen atoms in total. The third kappa shape index (κ3) is 6.11. The zero-order chi connectivity index (χ0) is 22.5. The summed E-state index contributed by atoms with van der Waals surface area (Å²) >= 11 is 0. The van der Waals surface area contributed by atoms with Gasteiger partial charge in [-0.3, -0.25) is 9.78 Å². The van der Waals surface area contributed by atoms with E-state index in [2.05, 4.69) is 38.3 Å². The maximum Gasteiger partial charge on any atom is 0.140 e. The summed E-state index contributed by atoms with van der Waals surface area (Å²) in [7, 11) is 0. The quantitative estimate of drug-likeness (QED) is 0.665. The van der Waals surface area contributed by atoms with Crippen LogP contribution in [0.5, 0.6) is 5.75 Å². The summed E-state index contributed by atoms with van der Waals surface area (Å²) in [5.74, 6) is 1.20. The van der Waals surface area contributed by atoms with Gasteiger partial charge in [0.05, 0.1) is 0 Å². The number of aromatic nitrogens is 1. The highest BCUT2D eigenvalue weighted by Gasteiger charge is 2.26. The number of fused-ring (bicyclic) bond motifs is 1. The molecule has 6 heteroatoms. The molecule has 5 rings (SSSR count). The Morgan fingerprint density at radius 2 is 1.79 bits per heavy atom. The molecule has 178 valence electrons. The van der Waals surface area contributed by atoms with Crippen LogP contribution in [0.15, 0.2) is 30.5 Å². The highest BCUT2D eigenvalue weighted by Crippen LogP contribution is 2.24. The summed E-state index contributed by atoms with van der Waals surface area (Å²) in [6, 6.07) is 9.02. The van der Waals surface area contributed by atoms with Gasteiger partial charge < -0.3 is 19.9 Å². The Labute approximate surface area is 197 Å². The standard InChI is InChI=1S/C27H38N4O2/c32-25(9-16-30-14-7-24(8-15-30)31-12-1-2-13-31)19-23-17-22-18-27(4-3-21(22)20-29-23)33-26-5-10-28-11-6-26/h3-4,17-18,20,24,26,28H,1-2,5-16,19H2. The molecule has 0 bridgehead atoms. The summed E-state index contributed by atoms with van der Waals surface area (Å²) in [5.41, 5.74) is 0.860. The maximum atomic E-state index is 12.7. The van der Waals surface area contributed by atoms with Gasteiger partial charge in [-0.2, -0.15) is 0 Å². The van der Waals surface area contributed by atoms with E-state index in [1.54, 1.807) is 0 Å². The van der Waals surface area contributed by atoms with Crippen molar-refractivity contribution in [1.82, 2.24) is 20.1 Å². The molecule has 1 N–H and O–H groups in total. The molecule has 4 heterocycles. The molecule has 0 radical (unpaired) electrons. The molecule has 33 heavy (non-hydrogen) atoms. The lowest BCUT2D eigenvalue weighted by Gasteiger charge is -2.36. The number of nitrogens with one attached hydrogen (secondary N) is 1. The van der Waals surface area contributed by atoms with E-state index in [1.165, 1.54) is 38.8 Å². The molecule has 0 saturated carbocycles. The van der Waals surface area contributed by atoms with Gasteiger partial charge in [0.1, 0.15) is 17.6 Å². The van der Waals surface area contributed by atoms with Crippen molar-refractivity contribution in [2.24, 2.45) is 0 Å². The lowest BCUT2D eigenvalue weighted by Crippen LogP contribution is -2.44. The highest BCUT2D eigenvalue weighted by molar-refractivity contribution is 5.85. The lowest BCUT2D eigenvalue weighted by molar-refractivity contribution is -0.118. The minimum absolute atomic E-state index is 0.283. The average Bonchev–Trinajstić information content (AvgIpc) is 3.39. The fourth-order valence-electron chi connectivity index (χ4n) is 5.63. The Morgan fingerprint density at radius 1 is 1.00 bits per heavy atom. The second-order valence-corrected chi connectivity index (χ2v) is 10.0. The third-order valence-corrected chi connectivity index (χ3v) is 7.64. The molecular formula is C27H38N4O2. The number of pyridine rings is 1. The maximum absolute atomic E-state index is 12.7. The van der Waals surface area contributed by atoms with Crippen LogP contribution in [0.2, 0.25) is 0 Å². The number of Topliss-reactive ketones (excluding diaryl/α,β-unsaturated/α-hetero) is 1. The monoisotopic (exact) mass is 450 g/mol. The van der Waals surface area contributed by atoms with Gasteiger partial charge in [-0.05, 0) is 107 Å². The van der Waals surface area contributed by atoms with Gasteiger partial charge in [0, 0.05) is 42.7 Å². The molecular weight excluding hydrogens is 412 g/mol. The Morgan fingerprint density at radius 3 is 2.58 bits per heavy atom. The number of hydrogen-bond donors (Lipinski definition) is 1. The van der Waals surface area contributed by atoms with E-state index >= 15 is 0 Å². The zero-order valence-corrected chi connectivity index (χ0v) is 19.8. The minimum atomic E-state index is 0.283. The first-order chi connectivity index (χ1) is 16.2. The van der Waals surface area contributed by atoms with Gasteiger partial charge in [-0.15, -0.1) is 0 Å². The fourth-order valence-corrected chi connectivity index (χ4v) is 5.63. The van der Waals surface area contributed by atoms with Crippen LogP contribution in [0.4, 0.5) is 0 Å². The molecule has 0 aliphatic carbocycles. The number of carbonyl (C=O) groups is 1. The van der Waals surface area contributed by atoms with Gasteiger partial charge in [0.25, 0.3) is 0 Å². The van der Waals surface area contributed by atoms with Gasteiger partial charge in [-0.25, -0.2) is 0 Å². The third-order valence-electron chi connectivity index (χ3n) is 7.64. The normalized spacial score (nSPS) is 21.6. The molecule has 3 saturated heterocycles. The van der Waals surface area contributed by atoms with Crippen LogP contribution in [0.3, 0.4) is 0 Å². The largest absolute Gasteiger partial charge is 0.490 e. The van der Waals surface area contributed by atoms with E-state index in [0.29, 0.717) is 12.8 Å². The van der Waals surface area contributed by atoms with Crippen LogP contribution in [0.1, 0.15) is 50.6 Å². The highest BCUT2D eigenvalue weighted by atomic mass is 16.5. The molecule has 3 aliphatic heterocycles. The van der Waals surface area contributed by atoms with Crippen LogP contribution >= 0.6 is 0 Å². The number of hydrogen-bond acceptors (Lipinski definition) is 6. The van der Waals surface area contributed by atoms with Gasteiger partial charge >= 0.3 is 0 Å². The van der Waals surface area contributed by atoms with Crippen molar-refractivity contribution in [3.05, 3.63) is 36.2 Å². The molecule has 0 amide bonds. The second-order valence-electron chi connectivity index (χ2n) is 10.0. The van der Waals surface area contributed by atoms with E-state index < -0.39 is 0 Å². The first-order valence-corrected chi connectivity index (χ1v) is 13.0. The van der Waals surface area contributed by atoms with Crippen molar-refractivity contribution in [2.75, 3.05) is 45.8 Å². The number of piperidine rings is 2. The van der Waals surface area contributed by atoms with Crippen molar-refractivity contribution in [1.29, 1.82) is 0 Å². The Kier molecular flexibility index (Phi) is 7.54. The van der Waals surface area contributed by atoms with E-state index in [1.807, 2.05) is 12.3 Å². The number of rotatable bonds is 8. The van der Waals surface area contributed by atoms with Crippen molar-refractivity contribution >= 4 is 16.6 Å². The molecule has 3 fully saturated rings. The Balaban J connectivity index is 1.10. The van der Waals surface area contributed by atoms with E-state index in [9.17, 15) is 4.79 Å². The van der Waals surface area contributed by atoms with Gasteiger partial charge in [-0.1, -0.05) is 0 Å².